The number of amides is 1. The summed E-state index contributed by atoms with van der Waals surface area (Å²) in [6.07, 6.45) is 2.76. The van der Waals surface area contributed by atoms with Crippen LogP contribution in [0.5, 0.6) is 0 Å². The highest BCUT2D eigenvalue weighted by Crippen LogP contribution is 2.19. The van der Waals surface area contributed by atoms with Gasteiger partial charge in [0.05, 0.1) is 0 Å². The molecule has 1 unspecified atom stereocenters. The first kappa shape index (κ1) is 14.3. The third kappa shape index (κ3) is 3.57. The molecule has 0 bridgehead atoms. The van der Waals surface area contributed by atoms with Crippen LogP contribution in [0.3, 0.4) is 0 Å². The van der Waals surface area contributed by atoms with E-state index in [4.69, 9.17) is 5.73 Å². The van der Waals surface area contributed by atoms with Crippen molar-refractivity contribution in [2.75, 3.05) is 6.54 Å². The molecule has 0 saturated carbocycles. The van der Waals surface area contributed by atoms with Crippen molar-refractivity contribution in [1.29, 1.82) is 0 Å². The normalized spacial score (nSPS) is 12.8. The lowest BCUT2D eigenvalue weighted by Crippen LogP contribution is -2.40. The lowest BCUT2D eigenvalue weighted by Gasteiger charge is -2.17. The van der Waals surface area contributed by atoms with Crippen LogP contribution < -0.4 is 11.1 Å². The Morgan fingerprint density at radius 2 is 2.24 bits per heavy atom. The topological polar surface area (TPSA) is 60.0 Å². The number of nitrogens with zero attached hydrogens (tertiary/aromatic N) is 1. The molecule has 0 aliphatic carbocycles. The van der Waals surface area contributed by atoms with E-state index in [0.717, 1.165) is 10.9 Å². The molecule has 0 fully saturated rings. The van der Waals surface area contributed by atoms with Gasteiger partial charge in [0.15, 0.2) is 0 Å². The third-order valence-corrected chi connectivity index (χ3v) is 3.15. The van der Waals surface area contributed by atoms with Crippen LogP contribution in [0.2, 0.25) is 0 Å². The average Bonchev–Trinajstić information content (AvgIpc) is 2.68. The Balaban J connectivity index is 2.88. The molecule has 1 rings (SSSR count). The summed E-state index contributed by atoms with van der Waals surface area (Å²) in [5, 5.41) is 2.94. The summed E-state index contributed by atoms with van der Waals surface area (Å²) in [6, 6.07) is 2.12. The molecule has 0 radical (unpaired) electrons. The van der Waals surface area contributed by atoms with Gasteiger partial charge in [-0.15, -0.1) is 0 Å². The van der Waals surface area contributed by atoms with E-state index in [2.05, 4.69) is 21.2 Å². The van der Waals surface area contributed by atoms with Crippen molar-refractivity contribution >= 4 is 21.8 Å². The number of carbonyl (C=O) groups excluding carboxylic acids is 1. The predicted molar refractivity (Wildman–Crippen MR) is 73.1 cm³/mol. The first-order valence-corrected chi connectivity index (χ1v) is 6.67. The summed E-state index contributed by atoms with van der Waals surface area (Å²) in [6.45, 7) is 6.56. The summed E-state index contributed by atoms with van der Waals surface area (Å²) in [5.74, 6) is -0.0679. The zero-order chi connectivity index (χ0) is 13.0. The minimum atomic E-state index is -0.0679. The predicted octanol–water partition coefficient (Wildman–Crippen LogP) is 2.30. The van der Waals surface area contributed by atoms with Crippen LogP contribution in [0.1, 0.15) is 43.7 Å². The molecule has 0 aliphatic heterocycles. The second-order valence-electron chi connectivity index (χ2n) is 4.36. The molecule has 96 valence electrons. The van der Waals surface area contributed by atoms with Gasteiger partial charge < -0.3 is 15.6 Å². The molecule has 0 aliphatic rings. The fraction of sp³-hybridized carbons (Fsp3) is 0.583. The van der Waals surface area contributed by atoms with Gasteiger partial charge in [-0.1, -0.05) is 6.92 Å². The lowest BCUT2D eigenvalue weighted by molar-refractivity contribution is 0.0926. The molecule has 5 heteroatoms. The third-order valence-electron chi connectivity index (χ3n) is 2.72. The first-order chi connectivity index (χ1) is 7.99. The van der Waals surface area contributed by atoms with Crippen LogP contribution in [-0.4, -0.2) is 23.1 Å². The van der Waals surface area contributed by atoms with Gasteiger partial charge in [-0.05, 0) is 42.3 Å². The van der Waals surface area contributed by atoms with E-state index in [1.54, 1.807) is 0 Å². The minimum Gasteiger partial charge on any atom is -0.347 e. The molecular formula is C12H20BrN3O. The summed E-state index contributed by atoms with van der Waals surface area (Å²) >= 11 is 3.39. The van der Waals surface area contributed by atoms with E-state index < -0.39 is 0 Å². The standard InChI is InChI=1S/C12H20BrN3O/c1-4-10(6-14)15-12(17)11-5-9(13)7-16(11)8(2)3/h5,7-8,10H,4,6,14H2,1-3H3,(H,15,17). The van der Waals surface area contributed by atoms with Gasteiger partial charge in [0.2, 0.25) is 0 Å². The average molecular weight is 302 g/mol. The van der Waals surface area contributed by atoms with E-state index in [1.165, 1.54) is 0 Å². The monoisotopic (exact) mass is 301 g/mol. The molecular weight excluding hydrogens is 282 g/mol. The molecule has 1 aromatic heterocycles. The molecule has 1 aromatic rings. The lowest BCUT2D eigenvalue weighted by atomic mass is 10.2. The quantitative estimate of drug-likeness (QED) is 0.877. The maximum atomic E-state index is 12.1. The van der Waals surface area contributed by atoms with E-state index in [0.29, 0.717) is 12.2 Å². The summed E-state index contributed by atoms with van der Waals surface area (Å²) in [7, 11) is 0. The van der Waals surface area contributed by atoms with E-state index >= 15 is 0 Å². The van der Waals surface area contributed by atoms with Gasteiger partial charge in [0.25, 0.3) is 5.91 Å². The molecule has 3 N–H and O–H groups in total. The number of nitrogens with one attached hydrogen (secondary N) is 1. The minimum absolute atomic E-state index is 0.0387. The molecule has 1 amide bonds. The van der Waals surface area contributed by atoms with Crippen LogP contribution in [0, 0.1) is 0 Å². The SMILES string of the molecule is CCC(CN)NC(=O)c1cc(Br)cn1C(C)C. The summed E-state index contributed by atoms with van der Waals surface area (Å²) < 4.78 is 2.86. The molecule has 0 saturated heterocycles. The Labute approximate surface area is 111 Å². The van der Waals surface area contributed by atoms with Crippen molar-refractivity contribution in [2.24, 2.45) is 5.73 Å². The Morgan fingerprint density at radius 3 is 2.71 bits per heavy atom. The highest BCUT2D eigenvalue weighted by molar-refractivity contribution is 9.10. The number of rotatable bonds is 5. The van der Waals surface area contributed by atoms with Gasteiger partial charge in [0, 0.05) is 29.3 Å². The van der Waals surface area contributed by atoms with Crippen molar-refractivity contribution in [2.45, 2.75) is 39.3 Å². The molecule has 4 nitrogen and oxygen atoms in total. The fourth-order valence-electron chi connectivity index (χ4n) is 1.64. The smallest absolute Gasteiger partial charge is 0.268 e. The molecule has 1 heterocycles. The Bertz CT molecular complexity index is 383. The van der Waals surface area contributed by atoms with E-state index in [1.807, 2.05) is 37.6 Å². The first-order valence-electron chi connectivity index (χ1n) is 5.87. The van der Waals surface area contributed by atoms with Crippen LogP contribution in [0.4, 0.5) is 0 Å². The molecule has 0 spiro atoms. The number of aromatic nitrogens is 1. The van der Waals surface area contributed by atoms with E-state index in [-0.39, 0.29) is 18.0 Å². The van der Waals surface area contributed by atoms with Crippen LogP contribution in [0.25, 0.3) is 0 Å². The second kappa shape index (κ2) is 6.21. The number of nitrogens with two attached hydrogens (primary N) is 1. The van der Waals surface area contributed by atoms with Crippen molar-refractivity contribution in [3.8, 4) is 0 Å². The Hall–Kier alpha value is -0.810. The fourth-order valence-corrected chi connectivity index (χ4v) is 2.08. The van der Waals surface area contributed by atoms with Crippen molar-refractivity contribution in [1.82, 2.24) is 9.88 Å². The van der Waals surface area contributed by atoms with Gasteiger partial charge >= 0.3 is 0 Å². The maximum Gasteiger partial charge on any atom is 0.268 e. The Kier molecular flexibility index (Phi) is 5.21. The van der Waals surface area contributed by atoms with Crippen molar-refractivity contribution < 1.29 is 4.79 Å². The van der Waals surface area contributed by atoms with Crippen LogP contribution in [-0.2, 0) is 0 Å². The van der Waals surface area contributed by atoms with Gasteiger partial charge in [0.1, 0.15) is 5.69 Å². The molecule has 0 aromatic carbocycles. The number of halogens is 1. The van der Waals surface area contributed by atoms with Gasteiger partial charge in [-0.3, -0.25) is 4.79 Å². The number of hydrogen-bond donors (Lipinski definition) is 2. The number of hydrogen-bond acceptors (Lipinski definition) is 2. The number of carbonyl (C=O) groups is 1. The largest absolute Gasteiger partial charge is 0.347 e. The highest BCUT2D eigenvalue weighted by atomic mass is 79.9. The maximum absolute atomic E-state index is 12.1. The second-order valence-corrected chi connectivity index (χ2v) is 5.27. The zero-order valence-electron chi connectivity index (χ0n) is 10.5. The van der Waals surface area contributed by atoms with Gasteiger partial charge in [-0.2, -0.15) is 0 Å². The highest BCUT2D eigenvalue weighted by Gasteiger charge is 2.17. The van der Waals surface area contributed by atoms with E-state index in [9.17, 15) is 4.79 Å². The summed E-state index contributed by atoms with van der Waals surface area (Å²) in [4.78, 5) is 12.1. The Morgan fingerprint density at radius 1 is 1.59 bits per heavy atom. The van der Waals surface area contributed by atoms with Crippen LogP contribution >= 0.6 is 15.9 Å². The van der Waals surface area contributed by atoms with Crippen molar-refractivity contribution in [3.63, 3.8) is 0 Å². The van der Waals surface area contributed by atoms with Crippen molar-refractivity contribution in [3.05, 3.63) is 22.4 Å². The van der Waals surface area contributed by atoms with Gasteiger partial charge in [-0.25, -0.2) is 0 Å². The summed E-state index contributed by atoms with van der Waals surface area (Å²) in [5.41, 5.74) is 6.25. The zero-order valence-corrected chi connectivity index (χ0v) is 12.1. The molecule has 1 atom stereocenters. The van der Waals surface area contributed by atoms with Crippen LogP contribution in [0.15, 0.2) is 16.7 Å². The molecule has 17 heavy (non-hydrogen) atoms.